The van der Waals surface area contributed by atoms with Crippen LogP contribution in [0.4, 0.5) is 8.78 Å². The molecule has 0 spiro atoms. The van der Waals surface area contributed by atoms with Crippen molar-refractivity contribution < 1.29 is 18.3 Å². The molecule has 0 radical (unpaired) electrons. The minimum Gasteiger partial charge on any atom is -0.492 e. The third-order valence-corrected chi connectivity index (χ3v) is 4.69. The Morgan fingerprint density at radius 3 is 2.52 bits per heavy atom. The van der Waals surface area contributed by atoms with Crippen molar-refractivity contribution in [3.8, 4) is 5.75 Å². The van der Waals surface area contributed by atoms with Gasteiger partial charge in [-0.05, 0) is 35.2 Å². The smallest absolute Gasteiger partial charge is 0.222 e. The van der Waals surface area contributed by atoms with Crippen molar-refractivity contribution in [2.45, 2.75) is 38.6 Å². The standard InChI is InChI=1S/C21H22ClF2NO2/c1-21(2,3)13-7-8-18(15(22)11-13)26-10-9-14-12-27-20(25-14)19-16(23)5-4-6-17(19)24/h4-8,11,14H,9-10,12H2,1-3H3. The maximum absolute atomic E-state index is 13.8. The van der Waals surface area contributed by atoms with E-state index in [-0.39, 0.29) is 29.5 Å². The lowest BCUT2D eigenvalue weighted by molar-refractivity contribution is 0.264. The molecule has 1 aliphatic heterocycles. The molecular weight excluding hydrogens is 372 g/mol. The van der Waals surface area contributed by atoms with E-state index < -0.39 is 11.6 Å². The molecule has 3 rings (SSSR count). The molecule has 0 aliphatic carbocycles. The average molecular weight is 394 g/mol. The fraction of sp³-hybridized carbons (Fsp3) is 0.381. The summed E-state index contributed by atoms with van der Waals surface area (Å²) in [5.41, 5.74) is 0.920. The van der Waals surface area contributed by atoms with Gasteiger partial charge < -0.3 is 9.47 Å². The molecule has 3 nitrogen and oxygen atoms in total. The highest BCUT2D eigenvalue weighted by atomic mass is 35.5. The van der Waals surface area contributed by atoms with Crippen molar-refractivity contribution in [1.29, 1.82) is 0 Å². The van der Waals surface area contributed by atoms with Gasteiger partial charge in [-0.1, -0.05) is 44.5 Å². The van der Waals surface area contributed by atoms with E-state index in [1.165, 1.54) is 18.2 Å². The van der Waals surface area contributed by atoms with Crippen LogP contribution < -0.4 is 4.74 Å². The molecule has 0 saturated carbocycles. The summed E-state index contributed by atoms with van der Waals surface area (Å²) in [5, 5.41) is 0.558. The maximum Gasteiger partial charge on any atom is 0.222 e. The molecule has 2 aromatic carbocycles. The highest BCUT2D eigenvalue weighted by Gasteiger charge is 2.25. The number of halogens is 3. The first-order valence-corrected chi connectivity index (χ1v) is 9.21. The predicted molar refractivity (Wildman–Crippen MR) is 103 cm³/mol. The van der Waals surface area contributed by atoms with Crippen LogP contribution in [-0.4, -0.2) is 25.2 Å². The summed E-state index contributed by atoms with van der Waals surface area (Å²) in [7, 11) is 0. The molecular formula is C21H22ClF2NO2. The molecule has 0 amide bonds. The fourth-order valence-electron chi connectivity index (χ4n) is 2.79. The number of ether oxygens (including phenoxy) is 2. The van der Waals surface area contributed by atoms with Crippen molar-refractivity contribution in [3.63, 3.8) is 0 Å². The van der Waals surface area contributed by atoms with Gasteiger partial charge in [0.25, 0.3) is 0 Å². The number of rotatable bonds is 5. The van der Waals surface area contributed by atoms with Gasteiger partial charge in [0, 0.05) is 6.42 Å². The molecule has 6 heteroatoms. The molecule has 1 heterocycles. The van der Waals surface area contributed by atoms with Gasteiger partial charge in [0.2, 0.25) is 5.90 Å². The Hall–Kier alpha value is -2.14. The second-order valence-electron chi connectivity index (χ2n) is 7.53. The van der Waals surface area contributed by atoms with Gasteiger partial charge >= 0.3 is 0 Å². The Morgan fingerprint density at radius 2 is 1.89 bits per heavy atom. The molecule has 0 fully saturated rings. The summed E-state index contributed by atoms with van der Waals surface area (Å²) < 4.78 is 38.8. The van der Waals surface area contributed by atoms with Crippen molar-refractivity contribution in [1.82, 2.24) is 0 Å². The zero-order chi connectivity index (χ0) is 19.6. The van der Waals surface area contributed by atoms with Gasteiger partial charge in [0.05, 0.1) is 17.7 Å². The average Bonchev–Trinajstić information content (AvgIpc) is 3.03. The zero-order valence-corrected chi connectivity index (χ0v) is 16.3. The van der Waals surface area contributed by atoms with Crippen molar-refractivity contribution in [2.75, 3.05) is 13.2 Å². The Labute approximate surface area is 163 Å². The van der Waals surface area contributed by atoms with Crippen LogP contribution in [0, 0.1) is 11.6 Å². The molecule has 27 heavy (non-hydrogen) atoms. The van der Waals surface area contributed by atoms with Crippen LogP contribution in [0.3, 0.4) is 0 Å². The van der Waals surface area contributed by atoms with E-state index in [0.29, 0.717) is 23.8 Å². The summed E-state index contributed by atoms with van der Waals surface area (Å²) in [5.74, 6) is -0.760. The summed E-state index contributed by atoms with van der Waals surface area (Å²) in [6.45, 7) is 7.00. The molecule has 144 valence electrons. The monoisotopic (exact) mass is 393 g/mol. The van der Waals surface area contributed by atoms with Gasteiger partial charge in [-0.25, -0.2) is 13.8 Å². The van der Waals surface area contributed by atoms with Crippen LogP contribution in [-0.2, 0) is 10.2 Å². The Morgan fingerprint density at radius 1 is 1.19 bits per heavy atom. The van der Waals surface area contributed by atoms with E-state index in [1.807, 2.05) is 18.2 Å². The first-order valence-electron chi connectivity index (χ1n) is 8.83. The van der Waals surface area contributed by atoms with Gasteiger partial charge in [-0.2, -0.15) is 0 Å². The first-order chi connectivity index (χ1) is 12.8. The lowest BCUT2D eigenvalue weighted by Crippen LogP contribution is -2.13. The lowest BCUT2D eigenvalue weighted by Gasteiger charge is -2.20. The van der Waals surface area contributed by atoms with Crippen molar-refractivity contribution >= 4 is 17.5 Å². The Bertz CT molecular complexity index is 841. The molecule has 1 atom stereocenters. The van der Waals surface area contributed by atoms with Gasteiger partial charge in [-0.3, -0.25) is 0 Å². The predicted octanol–water partition coefficient (Wildman–Crippen LogP) is 5.53. The highest BCUT2D eigenvalue weighted by molar-refractivity contribution is 6.32. The Balaban J connectivity index is 1.60. The topological polar surface area (TPSA) is 30.8 Å². The quantitative estimate of drug-likeness (QED) is 0.668. The van der Waals surface area contributed by atoms with Crippen LogP contribution in [0.1, 0.15) is 38.3 Å². The van der Waals surface area contributed by atoms with Crippen LogP contribution in [0.2, 0.25) is 5.02 Å². The van der Waals surface area contributed by atoms with E-state index in [2.05, 4.69) is 25.8 Å². The number of hydrogen-bond acceptors (Lipinski definition) is 3. The van der Waals surface area contributed by atoms with Gasteiger partial charge in [-0.15, -0.1) is 0 Å². The SMILES string of the molecule is CC(C)(C)c1ccc(OCCC2COC(c3c(F)cccc3F)=N2)c(Cl)c1. The van der Waals surface area contributed by atoms with Crippen LogP contribution >= 0.6 is 11.6 Å². The Kier molecular flexibility index (Phi) is 5.70. The van der Waals surface area contributed by atoms with Crippen molar-refractivity contribution in [2.24, 2.45) is 4.99 Å². The number of nitrogens with zero attached hydrogens (tertiary/aromatic N) is 1. The molecule has 0 saturated heterocycles. The van der Waals surface area contributed by atoms with E-state index in [1.54, 1.807) is 0 Å². The number of hydrogen-bond donors (Lipinski definition) is 0. The number of aliphatic imine (C=N–C) groups is 1. The second kappa shape index (κ2) is 7.85. The summed E-state index contributed by atoms with van der Waals surface area (Å²) >= 11 is 6.31. The first kappa shape index (κ1) is 19.6. The summed E-state index contributed by atoms with van der Waals surface area (Å²) in [4.78, 5) is 4.28. The van der Waals surface area contributed by atoms with E-state index in [0.717, 1.165) is 5.56 Å². The second-order valence-corrected chi connectivity index (χ2v) is 7.94. The molecule has 0 aromatic heterocycles. The summed E-state index contributed by atoms with van der Waals surface area (Å²) in [6.07, 6.45) is 0.553. The molecule has 1 unspecified atom stereocenters. The van der Waals surface area contributed by atoms with Crippen molar-refractivity contribution in [3.05, 3.63) is 64.2 Å². The van der Waals surface area contributed by atoms with E-state index >= 15 is 0 Å². The molecule has 0 bridgehead atoms. The van der Waals surface area contributed by atoms with E-state index in [9.17, 15) is 8.78 Å². The van der Waals surface area contributed by atoms with Crippen LogP contribution in [0.15, 0.2) is 41.4 Å². The summed E-state index contributed by atoms with van der Waals surface area (Å²) in [6, 6.07) is 9.23. The largest absolute Gasteiger partial charge is 0.492 e. The number of benzene rings is 2. The third-order valence-electron chi connectivity index (χ3n) is 4.40. The molecule has 0 N–H and O–H groups in total. The minimum atomic E-state index is -0.684. The van der Waals surface area contributed by atoms with Gasteiger partial charge in [0.15, 0.2) is 0 Å². The highest BCUT2D eigenvalue weighted by Crippen LogP contribution is 2.31. The third kappa shape index (κ3) is 4.59. The van der Waals surface area contributed by atoms with Crippen LogP contribution in [0.25, 0.3) is 0 Å². The minimum absolute atomic E-state index is 0.00293. The molecule has 2 aromatic rings. The fourth-order valence-corrected chi connectivity index (χ4v) is 3.03. The van der Waals surface area contributed by atoms with Crippen LogP contribution in [0.5, 0.6) is 5.75 Å². The van der Waals surface area contributed by atoms with Gasteiger partial charge in [0.1, 0.15) is 29.6 Å². The normalized spacial score (nSPS) is 16.8. The molecule has 1 aliphatic rings. The maximum atomic E-state index is 13.8. The lowest BCUT2D eigenvalue weighted by atomic mass is 9.87. The zero-order valence-electron chi connectivity index (χ0n) is 15.6. The van der Waals surface area contributed by atoms with E-state index in [4.69, 9.17) is 21.1 Å².